The Kier molecular flexibility index (Phi) is 4.62. The summed E-state index contributed by atoms with van der Waals surface area (Å²) in [5.41, 5.74) is 5.69. The van der Waals surface area contributed by atoms with Crippen molar-refractivity contribution in [3.8, 4) is 0 Å². The average molecular weight is 254 g/mol. The third-order valence-corrected chi connectivity index (χ3v) is 4.53. The van der Waals surface area contributed by atoms with E-state index in [-0.39, 0.29) is 17.4 Å². The third kappa shape index (κ3) is 2.69. The predicted molar refractivity (Wildman–Crippen MR) is 71.2 cm³/mol. The molecule has 104 valence electrons. The first-order valence-corrected chi connectivity index (χ1v) is 7.28. The standard InChI is InChI=1S/C14H26N2O2/c1-12-10-18-9-8-16(12)13(17)14(11-15)6-4-2-3-5-7-14/h12H,2-11,15H2,1H3/t12-/m1/s1. The predicted octanol–water partition coefficient (Wildman–Crippen LogP) is 1.53. The molecule has 2 N–H and O–H groups in total. The monoisotopic (exact) mass is 254 g/mol. The smallest absolute Gasteiger partial charge is 0.230 e. The van der Waals surface area contributed by atoms with Gasteiger partial charge in [-0.1, -0.05) is 25.7 Å². The maximum Gasteiger partial charge on any atom is 0.230 e. The molecule has 1 saturated carbocycles. The second-order valence-corrected chi connectivity index (χ2v) is 5.82. The molecule has 1 amide bonds. The summed E-state index contributed by atoms with van der Waals surface area (Å²) < 4.78 is 5.42. The highest BCUT2D eigenvalue weighted by atomic mass is 16.5. The first kappa shape index (κ1) is 13.8. The van der Waals surface area contributed by atoms with Crippen LogP contribution in [0.15, 0.2) is 0 Å². The van der Waals surface area contributed by atoms with Gasteiger partial charge in [0, 0.05) is 13.1 Å². The Bertz CT molecular complexity index is 286. The maximum absolute atomic E-state index is 12.9. The van der Waals surface area contributed by atoms with Gasteiger partial charge < -0.3 is 15.4 Å². The molecular weight excluding hydrogens is 228 g/mol. The molecule has 2 rings (SSSR count). The second kappa shape index (κ2) is 6.02. The fourth-order valence-corrected chi connectivity index (χ4v) is 3.24. The van der Waals surface area contributed by atoms with Crippen molar-refractivity contribution in [3.05, 3.63) is 0 Å². The molecule has 0 aromatic carbocycles. The number of carbonyl (C=O) groups excluding carboxylic acids is 1. The molecule has 1 saturated heterocycles. The van der Waals surface area contributed by atoms with E-state index in [4.69, 9.17) is 10.5 Å². The zero-order valence-electron chi connectivity index (χ0n) is 11.5. The number of carbonyl (C=O) groups is 1. The third-order valence-electron chi connectivity index (χ3n) is 4.53. The fraction of sp³-hybridized carbons (Fsp3) is 0.929. The Labute approximate surface area is 110 Å². The van der Waals surface area contributed by atoms with Crippen molar-refractivity contribution in [2.45, 2.75) is 51.5 Å². The fourth-order valence-electron chi connectivity index (χ4n) is 3.24. The quantitative estimate of drug-likeness (QED) is 0.760. The van der Waals surface area contributed by atoms with E-state index < -0.39 is 0 Å². The molecule has 0 bridgehead atoms. The van der Waals surface area contributed by atoms with Crippen LogP contribution in [-0.2, 0) is 9.53 Å². The van der Waals surface area contributed by atoms with Crippen molar-refractivity contribution in [3.63, 3.8) is 0 Å². The van der Waals surface area contributed by atoms with Gasteiger partial charge in [-0.2, -0.15) is 0 Å². The van der Waals surface area contributed by atoms with E-state index in [1.807, 2.05) is 4.90 Å². The highest BCUT2D eigenvalue weighted by molar-refractivity contribution is 5.83. The first-order chi connectivity index (χ1) is 8.69. The second-order valence-electron chi connectivity index (χ2n) is 5.82. The molecule has 0 aromatic heterocycles. The number of ether oxygens (including phenoxy) is 1. The number of nitrogens with two attached hydrogens (primary N) is 1. The molecule has 4 heteroatoms. The molecule has 1 aliphatic heterocycles. The molecule has 0 radical (unpaired) electrons. The van der Waals surface area contributed by atoms with E-state index in [2.05, 4.69) is 6.92 Å². The lowest BCUT2D eigenvalue weighted by molar-refractivity contribution is -0.150. The van der Waals surface area contributed by atoms with Gasteiger partial charge in [0.25, 0.3) is 0 Å². The molecule has 18 heavy (non-hydrogen) atoms. The lowest BCUT2D eigenvalue weighted by Gasteiger charge is -2.41. The molecular formula is C14H26N2O2. The van der Waals surface area contributed by atoms with Crippen LogP contribution in [0, 0.1) is 5.41 Å². The minimum atomic E-state index is -0.290. The summed E-state index contributed by atoms with van der Waals surface area (Å²) in [5, 5.41) is 0. The van der Waals surface area contributed by atoms with Gasteiger partial charge in [0.2, 0.25) is 5.91 Å². The first-order valence-electron chi connectivity index (χ1n) is 7.28. The van der Waals surface area contributed by atoms with Crippen LogP contribution in [0.25, 0.3) is 0 Å². The van der Waals surface area contributed by atoms with Crippen molar-refractivity contribution < 1.29 is 9.53 Å². The SMILES string of the molecule is C[C@@H]1COCCN1C(=O)C1(CN)CCCCCC1. The van der Waals surface area contributed by atoms with Crippen molar-refractivity contribution in [1.29, 1.82) is 0 Å². The number of rotatable bonds is 2. The zero-order valence-corrected chi connectivity index (χ0v) is 11.5. The van der Waals surface area contributed by atoms with Gasteiger partial charge in [0.1, 0.15) is 0 Å². The Morgan fingerprint density at radius 3 is 2.56 bits per heavy atom. The van der Waals surface area contributed by atoms with Crippen LogP contribution in [0.4, 0.5) is 0 Å². The van der Waals surface area contributed by atoms with Crippen molar-refractivity contribution >= 4 is 5.91 Å². The van der Waals surface area contributed by atoms with Gasteiger partial charge in [-0.25, -0.2) is 0 Å². The number of hydrogen-bond donors (Lipinski definition) is 1. The van der Waals surface area contributed by atoms with Gasteiger partial charge in [-0.15, -0.1) is 0 Å². The average Bonchev–Trinajstić information content (AvgIpc) is 2.65. The molecule has 0 unspecified atom stereocenters. The van der Waals surface area contributed by atoms with Crippen LogP contribution >= 0.6 is 0 Å². The van der Waals surface area contributed by atoms with E-state index in [1.165, 1.54) is 12.8 Å². The minimum absolute atomic E-state index is 0.193. The van der Waals surface area contributed by atoms with Gasteiger partial charge in [0.05, 0.1) is 24.7 Å². The highest BCUT2D eigenvalue weighted by Gasteiger charge is 2.41. The van der Waals surface area contributed by atoms with Gasteiger partial charge in [-0.3, -0.25) is 4.79 Å². The molecule has 4 nitrogen and oxygen atoms in total. The van der Waals surface area contributed by atoms with E-state index >= 15 is 0 Å². The van der Waals surface area contributed by atoms with E-state index in [9.17, 15) is 4.79 Å². The van der Waals surface area contributed by atoms with Crippen LogP contribution in [0.3, 0.4) is 0 Å². The lowest BCUT2D eigenvalue weighted by atomic mass is 9.78. The Balaban J connectivity index is 2.12. The van der Waals surface area contributed by atoms with Crippen molar-refractivity contribution in [2.75, 3.05) is 26.3 Å². The molecule has 0 spiro atoms. The summed E-state index contributed by atoms with van der Waals surface area (Å²) in [6.07, 6.45) is 6.70. The van der Waals surface area contributed by atoms with Gasteiger partial charge in [0.15, 0.2) is 0 Å². The number of morpholine rings is 1. The van der Waals surface area contributed by atoms with E-state index in [1.54, 1.807) is 0 Å². The summed E-state index contributed by atoms with van der Waals surface area (Å²) in [6, 6.07) is 0.193. The molecule has 1 heterocycles. The summed E-state index contributed by atoms with van der Waals surface area (Å²) in [5.74, 6) is 0.280. The number of hydrogen-bond acceptors (Lipinski definition) is 3. The summed E-state index contributed by atoms with van der Waals surface area (Å²) in [6.45, 7) is 4.61. The van der Waals surface area contributed by atoms with Gasteiger partial charge in [-0.05, 0) is 19.8 Å². The zero-order chi connectivity index (χ0) is 13.0. The summed E-state index contributed by atoms with van der Waals surface area (Å²) in [4.78, 5) is 14.9. The van der Waals surface area contributed by atoms with Crippen LogP contribution in [0.2, 0.25) is 0 Å². The lowest BCUT2D eigenvalue weighted by Crippen LogP contribution is -2.55. The maximum atomic E-state index is 12.9. The summed E-state index contributed by atoms with van der Waals surface area (Å²) >= 11 is 0. The number of amides is 1. The van der Waals surface area contributed by atoms with E-state index in [0.717, 1.165) is 32.2 Å². The van der Waals surface area contributed by atoms with Gasteiger partial charge >= 0.3 is 0 Å². The number of nitrogens with zero attached hydrogens (tertiary/aromatic N) is 1. The van der Waals surface area contributed by atoms with Crippen LogP contribution in [0.1, 0.15) is 45.4 Å². The van der Waals surface area contributed by atoms with Crippen LogP contribution < -0.4 is 5.73 Å². The summed E-state index contributed by atoms with van der Waals surface area (Å²) in [7, 11) is 0. The molecule has 1 aliphatic carbocycles. The molecule has 2 fully saturated rings. The largest absolute Gasteiger partial charge is 0.377 e. The highest BCUT2D eigenvalue weighted by Crippen LogP contribution is 2.36. The van der Waals surface area contributed by atoms with Crippen LogP contribution in [0.5, 0.6) is 0 Å². The topological polar surface area (TPSA) is 55.6 Å². The minimum Gasteiger partial charge on any atom is -0.377 e. The molecule has 1 atom stereocenters. The van der Waals surface area contributed by atoms with E-state index in [0.29, 0.717) is 19.8 Å². The Hall–Kier alpha value is -0.610. The molecule has 2 aliphatic rings. The van der Waals surface area contributed by atoms with Crippen LogP contribution in [-0.4, -0.2) is 43.2 Å². The molecule has 0 aromatic rings. The Morgan fingerprint density at radius 1 is 1.33 bits per heavy atom. The van der Waals surface area contributed by atoms with Crippen molar-refractivity contribution in [1.82, 2.24) is 4.90 Å². The van der Waals surface area contributed by atoms with Crippen molar-refractivity contribution in [2.24, 2.45) is 11.1 Å². The normalized spacial score (nSPS) is 28.8. The Morgan fingerprint density at radius 2 is 2.00 bits per heavy atom.